The molecular formula is C14H11ClN4O. The maximum atomic E-state index is 11.9. The number of halogens is 1. The Bertz CT molecular complexity index is 671. The van der Waals surface area contributed by atoms with E-state index in [4.69, 9.17) is 16.9 Å². The Morgan fingerprint density at radius 3 is 2.95 bits per heavy atom. The number of nitrogens with zero attached hydrogens (tertiary/aromatic N) is 2. The third kappa shape index (κ3) is 3.46. The number of hydrogen-bond donors (Lipinski definition) is 2. The molecular weight excluding hydrogens is 276 g/mol. The average Bonchev–Trinajstić information content (AvgIpc) is 2.96. The molecule has 0 atom stereocenters. The highest BCUT2D eigenvalue weighted by Crippen LogP contribution is 2.14. The maximum absolute atomic E-state index is 11.9. The van der Waals surface area contributed by atoms with Crippen LogP contribution >= 0.6 is 11.6 Å². The van der Waals surface area contributed by atoms with Gasteiger partial charge in [0.2, 0.25) is 0 Å². The molecule has 6 heteroatoms. The van der Waals surface area contributed by atoms with Gasteiger partial charge in [0.05, 0.1) is 0 Å². The normalized spacial score (nSPS) is 10.9. The predicted octanol–water partition coefficient (Wildman–Crippen LogP) is 2.29. The minimum absolute atomic E-state index is 0.0213. The summed E-state index contributed by atoms with van der Waals surface area (Å²) in [7, 11) is 0. The number of amides is 1. The molecule has 0 unspecified atom stereocenters. The number of benzene rings is 1. The highest BCUT2D eigenvalue weighted by atomic mass is 35.5. The number of nitriles is 1. The molecule has 20 heavy (non-hydrogen) atoms. The summed E-state index contributed by atoms with van der Waals surface area (Å²) in [6.07, 6.45) is 4.55. The zero-order valence-electron chi connectivity index (χ0n) is 10.4. The Kier molecular flexibility index (Phi) is 4.53. The Morgan fingerprint density at radius 1 is 1.50 bits per heavy atom. The quantitative estimate of drug-likeness (QED) is 0.668. The van der Waals surface area contributed by atoms with Crippen molar-refractivity contribution in [1.82, 2.24) is 15.3 Å². The van der Waals surface area contributed by atoms with Gasteiger partial charge in [0.15, 0.2) is 0 Å². The molecule has 0 spiro atoms. The molecule has 0 aliphatic rings. The Hall–Kier alpha value is -2.58. The van der Waals surface area contributed by atoms with Crippen LogP contribution in [0.25, 0.3) is 6.08 Å². The van der Waals surface area contributed by atoms with E-state index in [1.165, 1.54) is 6.08 Å². The van der Waals surface area contributed by atoms with Crippen molar-refractivity contribution in [2.75, 3.05) is 0 Å². The summed E-state index contributed by atoms with van der Waals surface area (Å²) in [6, 6.07) is 9.04. The second kappa shape index (κ2) is 6.55. The van der Waals surface area contributed by atoms with Crippen molar-refractivity contribution in [1.29, 1.82) is 5.26 Å². The number of imidazole rings is 1. The molecule has 2 N–H and O–H groups in total. The van der Waals surface area contributed by atoms with E-state index < -0.39 is 5.91 Å². The van der Waals surface area contributed by atoms with Gasteiger partial charge in [-0.2, -0.15) is 5.26 Å². The zero-order chi connectivity index (χ0) is 14.4. The number of H-pyrrole nitrogens is 1. The summed E-state index contributed by atoms with van der Waals surface area (Å²) >= 11 is 5.99. The van der Waals surface area contributed by atoms with E-state index in [1.807, 2.05) is 24.3 Å². The zero-order valence-corrected chi connectivity index (χ0v) is 11.2. The molecule has 0 aliphatic heterocycles. The van der Waals surface area contributed by atoms with Gasteiger partial charge in [-0.3, -0.25) is 4.79 Å². The first-order chi connectivity index (χ1) is 9.70. The molecule has 1 aromatic heterocycles. The number of carbonyl (C=O) groups is 1. The second-order valence-corrected chi connectivity index (χ2v) is 4.33. The summed E-state index contributed by atoms with van der Waals surface area (Å²) in [5.74, 6) is -0.0155. The molecule has 0 bridgehead atoms. The average molecular weight is 287 g/mol. The van der Waals surface area contributed by atoms with E-state index in [-0.39, 0.29) is 12.1 Å². The summed E-state index contributed by atoms with van der Waals surface area (Å²) in [6.45, 7) is 0.260. The third-order valence-electron chi connectivity index (χ3n) is 2.56. The molecule has 0 saturated heterocycles. The van der Waals surface area contributed by atoms with E-state index in [0.717, 1.165) is 5.56 Å². The molecule has 2 aromatic rings. The lowest BCUT2D eigenvalue weighted by Gasteiger charge is -2.05. The Balaban J connectivity index is 2.04. The van der Waals surface area contributed by atoms with Crippen molar-refractivity contribution in [3.8, 4) is 6.07 Å². The van der Waals surface area contributed by atoms with Crippen molar-refractivity contribution >= 4 is 23.6 Å². The predicted molar refractivity (Wildman–Crippen MR) is 75.5 cm³/mol. The third-order valence-corrected chi connectivity index (χ3v) is 2.93. The SMILES string of the molecule is N#CC(=Cc1ncc[nH]1)C(=O)NCc1ccccc1Cl. The van der Waals surface area contributed by atoms with Crippen LogP contribution in [0.2, 0.25) is 5.02 Å². The molecule has 1 heterocycles. The van der Waals surface area contributed by atoms with Gasteiger partial charge in [-0.25, -0.2) is 4.98 Å². The Labute approximate surface area is 120 Å². The van der Waals surface area contributed by atoms with Crippen LogP contribution in [-0.2, 0) is 11.3 Å². The minimum Gasteiger partial charge on any atom is -0.347 e. The lowest BCUT2D eigenvalue weighted by molar-refractivity contribution is -0.117. The van der Waals surface area contributed by atoms with Crippen molar-refractivity contribution in [2.24, 2.45) is 0 Å². The number of carbonyl (C=O) groups excluding carboxylic acids is 1. The molecule has 100 valence electrons. The van der Waals surface area contributed by atoms with Crippen LogP contribution < -0.4 is 5.32 Å². The van der Waals surface area contributed by atoms with Crippen molar-refractivity contribution < 1.29 is 4.79 Å². The summed E-state index contributed by atoms with van der Waals surface area (Å²) in [5, 5.41) is 12.2. The molecule has 0 saturated carbocycles. The molecule has 5 nitrogen and oxygen atoms in total. The van der Waals surface area contributed by atoms with Gasteiger partial charge in [0.25, 0.3) is 5.91 Å². The largest absolute Gasteiger partial charge is 0.347 e. The smallest absolute Gasteiger partial charge is 0.262 e. The van der Waals surface area contributed by atoms with Gasteiger partial charge in [0, 0.05) is 30.0 Å². The molecule has 0 aliphatic carbocycles. The molecule has 0 radical (unpaired) electrons. The lowest BCUT2D eigenvalue weighted by Crippen LogP contribution is -2.24. The first-order valence-corrected chi connectivity index (χ1v) is 6.21. The van der Waals surface area contributed by atoms with Gasteiger partial charge in [-0.15, -0.1) is 0 Å². The fourth-order valence-electron chi connectivity index (χ4n) is 1.55. The van der Waals surface area contributed by atoms with Gasteiger partial charge in [0.1, 0.15) is 17.5 Å². The summed E-state index contributed by atoms with van der Waals surface area (Å²) in [5.41, 5.74) is 0.768. The van der Waals surface area contributed by atoms with E-state index in [2.05, 4.69) is 15.3 Å². The number of aromatic amines is 1. The highest BCUT2D eigenvalue weighted by molar-refractivity contribution is 6.31. The van der Waals surface area contributed by atoms with Crippen LogP contribution in [0, 0.1) is 11.3 Å². The Morgan fingerprint density at radius 2 is 2.30 bits per heavy atom. The maximum Gasteiger partial charge on any atom is 0.262 e. The van der Waals surface area contributed by atoms with Crippen LogP contribution in [-0.4, -0.2) is 15.9 Å². The monoisotopic (exact) mass is 286 g/mol. The van der Waals surface area contributed by atoms with Crippen LogP contribution in [0.15, 0.2) is 42.2 Å². The van der Waals surface area contributed by atoms with E-state index in [9.17, 15) is 4.79 Å². The molecule has 0 fully saturated rings. The minimum atomic E-state index is -0.469. The fourth-order valence-corrected chi connectivity index (χ4v) is 1.76. The van der Waals surface area contributed by atoms with E-state index in [1.54, 1.807) is 18.5 Å². The van der Waals surface area contributed by atoms with Crippen LogP contribution in [0.4, 0.5) is 0 Å². The summed E-state index contributed by atoms with van der Waals surface area (Å²) < 4.78 is 0. The van der Waals surface area contributed by atoms with Crippen LogP contribution in [0.1, 0.15) is 11.4 Å². The van der Waals surface area contributed by atoms with E-state index in [0.29, 0.717) is 10.8 Å². The number of nitrogens with one attached hydrogen (secondary N) is 2. The van der Waals surface area contributed by atoms with Gasteiger partial charge >= 0.3 is 0 Å². The van der Waals surface area contributed by atoms with Crippen LogP contribution in [0.5, 0.6) is 0 Å². The van der Waals surface area contributed by atoms with Gasteiger partial charge in [-0.05, 0) is 11.6 Å². The van der Waals surface area contributed by atoms with Gasteiger partial charge in [-0.1, -0.05) is 29.8 Å². The molecule has 1 aromatic carbocycles. The van der Waals surface area contributed by atoms with Crippen LogP contribution in [0.3, 0.4) is 0 Å². The topological polar surface area (TPSA) is 81.6 Å². The second-order valence-electron chi connectivity index (χ2n) is 3.92. The first kappa shape index (κ1) is 13.8. The highest BCUT2D eigenvalue weighted by Gasteiger charge is 2.10. The van der Waals surface area contributed by atoms with E-state index >= 15 is 0 Å². The van der Waals surface area contributed by atoms with Crippen molar-refractivity contribution in [2.45, 2.75) is 6.54 Å². The molecule has 2 rings (SSSR count). The first-order valence-electron chi connectivity index (χ1n) is 5.83. The van der Waals surface area contributed by atoms with Crippen molar-refractivity contribution in [3.05, 3.63) is 58.6 Å². The number of rotatable bonds is 4. The molecule has 1 amide bonds. The van der Waals surface area contributed by atoms with Gasteiger partial charge < -0.3 is 10.3 Å². The lowest BCUT2D eigenvalue weighted by atomic mass is 10.2. The summed E-state index contributed by atoms with van der Waals surface area (Å²) in [4.78, 5) is 18.6. The fraction of sp³-hybridized carbons (Fsp3) is 0.0714. The standard InChI is InChI=1S/C14H11ClN4O/c15-12-4-2-1-3-10(12)9-19-14(20)11(8-16)7-13-17-5-6-18-13/h1-7H,9H2,(H,17,18)(H,19,20). The number of hydrogen-bond acceptors (Lipinski definition) is 3. The number of aromatic nitrogens is 2. The van der Waals surface area contributed by atoms with Crippen molar-refractivity contribution in [3.63, 3.8) is 0 Å².